The molecule has 0 aromatic carbocycles. The molecule has 17 heavy (non-hydrogen) atoms. The number of piperidine rings is 1. The van der Waals surface area contributed by atoms with E-state index in [0.29, 0.717) is 25.3 Å². The lowest BCUT2D eigenvalue weighted by Gasteiger charge is -2.33. The first-order valence-electron chi connectivity index (χ1n) is 6.57. The molecule has 4 heteroatoms. The van der Waals surface area contributed by atoms with Crippen LogP contribution in [-0.2, 0) is 9.59 Å². The molecule has 0 bridgehead atoms. The molecule has 2 rings (SSSR count). The molecular weight excluding hydrogens is 218 g/mol. The van der Waals surface area contributed by atoms with Crippen molar-refractivity contribution in [1.82, 2.24) is 4.90 Å². The molecule has 1 aliphatic heterocycles. The minimum absolute atomic E-state index is 0.0335. The second-order valence-electron chi connectivity index (χ2n) is 5.60. The van der Waals surface area contributed by atoms with E-state index < -0.39 is 0 Å². The maximum Gasteiger partial charge on any atom is 0.229 e. The van der Waals surface area contributed by atoms with Crippen LogP contribution in [0.4, 0.5) is 0 Å². The smallest absolute Gasteiger partial charge is 0.229 e. The number of hydrogen-bond acceptors (Lipinski definition) is 3. The van der Waals surface area contributed by atoms with E-state index >= 15 is 0 Å². The Bertz CT molecular complexity index is 298. The Labute approximate surface area is 102 Å². The number of carbonyl (C=O) groups is 2. The normalized spacial score (nSPS) is 32.0. The van der Waals surface area contributed by atoms with Gasteiger partial charge in [-0.1, -0.05) is 13.3 Å². The average molecular weight is 239 g/mol. The standard InChI is InChI=1S/C13H21NO3/c1-9-5-12(16)14(13(17)6-9)8-10-3-2-4-11(15)7-10/h9-11,15H,2-8H2,1H3. The Balaban J connectivity index is 1.93. The molecule has 2 unspecified atom stereocenters. The van der Waals surface area contributed by atoms with Gasteiger partial charge in [0.2, 0.25) is 11.8 Å². The predicted octanol–water partition coefficient (Wildman–Crippen LogP) is 1.32. The van der Waals surface area contributed by atoms with Crippen LogP contribution in [0, 0.1) is 11.8 Å². The summed E-state index contributed by atoms with van der Waals surface area (Å²) in [5.41, 5.74) is 0. The van der Waals surface area contributed by atoms with Crippen LogP contribution in [0.5, 0.6) is 0 Å². The lowest BCUT2D eigenvalue weighted by molar-refractivity contribution is -0.150. The van der Waals surface area contributed by atoms with Gasteiger partial charge in [0.15, 0.2) is 0 Å². The zero-order valence-electron chi connectivity index (χ0n) is 10.4. The Kier molecular flexibility index (Phi) is 3.82. The summed E-state index contributed by atoms with van der Waals surface area (Å²) in [5.74, 6) is 0.408. The minimum atomic E-state index is -0.248. The highest BCUT2D eigenvalue weighted by molar-refractivity contribution is 5.97. The number of aliphatic hydroxyl groups is 1. The van der Waals surface area contributed by atoms with Gasteiger partial charge in [-0.3, -0.25) is 14.5 Å². The number of imide groups is 1. The van der Waals surface area contributed by atoms with Crippen LogP contribution in [-0.4, -0.2) is 34.5 Å². The molecule has 1 aliphatic carbocycles. The second-order valence-corrected chi connectivity index (χ2v) is 5.60. The number of hydrogen-bond donors (Lipinski definition) is 1. The van der Waals surface area contributed by atoms with E-state index in [1.54, 1.807) is 0 Å². The molecule has 4 nitrogen and oxygen atoms in total. The highest BCUT2D eigenvalue weighted by Crippen LogP contribution is 2.27. The van der Waals surface area contributed by atoms with Gasteiger partial charge in [-0.25, -0.2) is 0 Å². The van der Waals surface area contributed by atoms with Gasteiger partial charge in [-0.15, -0.1) is 0 Å². The molecule has 1 saturated heterocycles. The maximum atomic E-state index is 11.8. The molecule has 1 N–H and O–H groups in total. The van der Waals surface area contributed by atoms with Crippen LogP contribution in [0.1, 0.15) is 45.4 Å². The van der Waals surface area contributed by atoms with Crippen LogP contribution < -0.4 is 0 Å². The fraction of sp³-hybridized carbons (Fsp3) is 0.846. The summed E-state index contributed by atoms with van der Waals surface area (Å²) in [6.45, 7) is 2.46. The minimum Gasteiger partial charge on any atom is -0.393 e. The molecule has 0 radical (unpaired) electrons. The molecule has 2 atom stereocenters. The van der Waals surface area contributed by atoms with Crippen molar-refractivity contribution in [2.45, 2.75) is 51.6 Å². The second kappa shape index (κ2) is 5.17. The van der Waals surface area contributed by atoms with Crippen LogP contribution in [0.15, 0.2) is 0 Å². The molecule has 0 aromatic heterocycles. The third kappa shape index (κ3) is 3.06. The van der Waals surface area contributed by atoms with Crippen LogP contribution >= 0.6 is 0 Å². The van der Waals surface area contributed by atoms with E-state index in [1.165, 1.54) is 4.90 Å². The van der Waals surface area contributed by atoms with E-state index in [-0.39, 0.29) is 23.8 Å². The Morgan fingerprint density at radius 1 is 1.24 bits per heavy atom. The van der Waals surface area contributed by atoms with Gasteiger partial charge >= 0.3 is 0 Å². The Hall–Kier alpha value is -0.900. The third-order valence-corrected chi connectivity index (χ3v) is 3.84. The Morgan fingerprint density at radius 3 is 2.47 bits per heavy atom. The lowest BCUT2D eigenvalue weighted by atomic mass is 9.86. The first kappa shape index (κ1) is 12.6. The molecular formula is C13H21NO3. The van der Waals surface area contributed by atoms with Crippen molar-refractivity contribution in [3.8, 4) is 0 Å². The number of amides is 2. The summed E-state index contributed by atoms with van der Waals surface area (Å²) in [5, 5.41) is 9.59. The third-order valence-electron chi connectivity index (χ3n) is 3.84. The predicted molar refractivity (Wildman–Crippen MR) is 63.1 cm³/mol. The quantitative estimate of drug-likeness (QED) is 0.739. The number of carbonyl (C=O) groups excluding carboxylic acids is 2. The van der Waals surface area contributed by atoms with E-state index in [2.05, 4.69) is 0 Å². The van der Waals surface area contributed by atoms with E-state index in [9.17, 15) is 14.7 Å². The van der Waals surface area contributed by atoms with Crippen molar-refractivity contribution in [3.63, 3.8) is 0 Å². The van der Waals surface area contributed by atoms with Gasteiger partial charge in [0.25, 0.3) is 0 Å². The zero-order chi connectivity index (χ0) is 12.4. The largest absolute Gasteiger partial charge is 0.393 e. The summed E-state index contributed by atoms with van der Waals surface area (Å²) < 4.78 is 0. The fourth-order valence-electron chi connectivity index (χ4n) is 2.92. The van der Waals surface area contributed by atoms with Gasteiger partial charge in [0, 0.05) is 19.4 Å². The van der Waals surface area contributed by atoms with Gasteiger partial charge in [-0.2, -0.15) is 0 Å². The fourth-order valence-corrected chi connectivity index (χ4v) is 2.92. The van der Waals surface area contributed by atoms with E-state index in [1.807, 2.05) is 6.92 Å². The topological polar surface area (TPSA) is 57.6 Å². The Morgan fingerprint density at radius 2 is 1.88 bits per heavy atom. The molecule has 1 saturated carbocycles. The first-order chi connectivity index (χ1) is 8.06. The highest BCUT2D eigenvalue weighted by Gasteiger charge is 2.33. The maximum absolute atomic E-state index is 11.8. The first-order valence-corrected chi connectivity index (χ1v) is 6.57. The number of likely N-dealkylation sites (tertiary alicyclic amines) is 1. The molecule has 2 fully saturated rings. The van der Waals surface area contributed by atoms with Crippen LogP contribution in [0.25, 0.3) is 0 Å². The van der Waals surface area contributed by atoms with Crippen molar-refractivity contribution in [1.29, 1.82) is 0 Å². The van der Waals surface area contributed by atoms with Crippen LogP contribution in [0.2, 0.25) is 0 Å². The van der Waals surface area contributed by atoms with Crippen molar-refractivity contribution in [2.24, 2.45) is 11.8 Å². The summed E-state index contributed by atoms with van der Waals surface area (Å²) in [6.07, 6.45) is 4.33. The zero-order valence-corrected chi connectivity index (χ0v) is 10.4. The summed E-state index contributed by atoms with van der Waals surface area (Å²) in [6, 6.07) is 0. The molecule has 96 valence electrons. The van der Waals surface area contributed by atoms with Crippen molar-refractivity contribution in [2.75, 3.05) is 6.54 Å². The monoisotopic (exact) mass is 239 g/mol. The highest BCUT2D eigenvalue weighted by atomic mass is 16.3. The lowest BCUT2D eigenvalue weighted by Crippen LogP contribution is -2.45. The number of aliphatic hydroxyl groups excluding tert-OH is 1. The van der Waals surface area contributed by atoms with Gasteiger partial charge < -0.3 is 5.11 Å². The van der Waals surface area contributed by atoms with E-state index in [0.717, 1.165) is 25.7 Å². The average Bonchev–Trinajstić information content (AvgIpc) is 2.23. The van der Waals surface area contributed by atoms with Gasteiger partial charge in [-0.05, 0) is 31.1 Å². The molecule has 1 heterocycles. The summed E-state index contributed by atoms with van der Waals surface area (Å²) in [4.78, 5) is 25.0. The van der Waals surface area contributed by atoms with Crippen molar-refractivity contribution in [3.05, 3.63) is 0 Å². The number of rotatable bonds is 2. The van der Waals surface area contributed by atoms with Crippen LogP contribution in [0.3, 0.4) is 0 Å². The van der Waals surface area contributed by atoms with Crippen molar-refractivity contribution < 1.29 is 14.7 Å². The van der Waals surface area contributed by atoms with Gasteiger partial charge in [0.05, 0.1) is 6.10 Å². The summed E-state index contributed by atoms with van der Waals surface area (Å²) >= 11 is 0. The molecule has 2 amide bonds. The SMILES string of the molecule is CC1CC(=O)N(CC2CCCC(O)C2)C(=O)C1. The van der Waals surface area contributed by atoms with Crippen molar-refractivity contribution >= 4 is 11.8 Å². The number of nitrogens with zero attached hydrogens (tertiary/aromatic N) is 1. The van der Waals surface area contributed by atoms with E-state index in [4.69, 9.17) is 0 Å². The van der Waals surface area contributed by atoms with Gasteiger partial charge in [0.1, 0.15) is 0 Å². The molecule has 0 spiro atoms. The molecule has 0 aromatic rings. The molecule has 2 aliphatic rings. The summed E-state index contributed by atoms with van der Waals surface area (Å²) in [7, 11) is 0.